The fourth-order valence-electron chi connectivity index (χ4n) is 2.17. The van der Waals surface area contributed by atoms with Crippen molar-refractivity contribution in [3.63, 3.8) is 0 Å². The highest BCUT2D eigenvalue weighted by atomic mass is 35.5. The van der Waals surface area contributed by atoms with E-state index in [9.17, 15) is 9.59 Å². The number of aryl methyl sites for hydroxylation is 2. The van der Waals surface area contributed by atoms with Crippen LogP contribution in [0.25, 0.3) is 0 Å². The second kappa shape index (κ2) is 6.13. The molecule has 0 saturated carbocycles. The molecule has 1 N–H and O–H groups in total. The standard InChI is InChI=1S/C14H17ClN2O3/c1-9-6-10(2)13(11(15)7-9)16-12(18)8-17-4-3-5-20-14(17)19/h6-7H,3-5,8H2,1-2H3,(H,16,18). The first kappa shape index (κ1) is 14.7. The normalized spacial score (nSPS) is 14.9. The number of cyclic esters (lactones) is 1. The number of halogens is 1. The molecule has 0 bridgehead atoms. The number of rotatable bonds is 3. The maximum absolute atomic E-state index is 12.0. The Kier molecular flexibility index (Phi) is 4.49. The van der Waals surface area contributed by atoms with Gasteiger partial charge < -0.3 is 10.1 Å². The Hall–Kier alpha value is -1.75. The topological polar surface area (TPSA) is 58.6 Å². The quantitative estimate of drug-likeness (QED) is 0.933. The van der Waals surface area contributed by atoms with Gasteiger partial charge >= 0.3 is 6.09 Å². The van der Waals surface area contributed by atoms with Crippen LogP contribution in [0.3, 0.4) is 0 Å². The number of hydrogen-bond donors (Lipinski definition) is 1. The first-order valence-corrected chi connectivity index (χ1v) is 6.83. The van der Waals surface area contributed by atoms with Crippen LogP contribution in [0.15, 0.2) is 12.1 Å². The van der Waals surface area contributed by atoms with Gasteiger partial charge in [-0.3, -0.25) is 9.69 Å². The Morgan fingerprint density at radius 3 is 2.85 bits per heavy atom. The van der Waals surface area contributed by atoms with Gasteiger partial charge in [-0.05, 0) is 37.5 Å². The lowest BCUT2D eigenvalue weighted by molar-refractivity contribution is -0.117. The van der Waals surface area contributed by atoms with Crippen molar-refractivity contribution in [1.82, 2.24) is 4.90 Å². The van der Waals surface area contributed by atoms with Crippen LogP contribution < -0.4 is 5.32 Å². The minimum atomic E-state index is -0.446. The lowest BCUT2D eigenvalue weighted by atomic mass is 10.1. The van der Waals surface area contributed by atoms with Crippen molar-refractivity contribution in [2.45, 2.75) is 20.3 Å². The summed E-state index contributed by atoms with van der Waals surface area (Å²) in [4.78, 5) is 24.8. The Balaban J connectivity index is 2.03. The minimum absolute atomic E-state index is 0.0253. The molecule has 1 aromatic rings. The van der Waals surface area contributed by atoms with E-state index in [0.29, 0.717) is 23.9 Å². The van der Waals surface area contributed by atoms with E-state index < -0.39 is 6.09 Å². The Morgan fingerprint density at radius 1 is 1.45 bits per heavy atom. The number of anilines is 1. The average Bonchev–Trinajstić information content (AvgIpc) is 2.36. The number of nitrogens with zero attached hydrogens (tertiary/aromatic N) is 1. The zero-order chi connectivity index (χ0) is 14.7. The number of nitrogens with one attached hydrogen (secondary N) is 1. The molecule has 20 heavy (non-hydrogen) atoms. The molecule has 1 fully saturated rings. The van der Waals surface area contributed by atoms with Crippen molar-refractivity contribution in [2.24, 2.45) is 0 Å². The summed E-state index contributed by atoms with van der Waals surface area (Å²) in [5.41, 5.74) is 2.52. The van der Waals surface area contributed by atoms with E-state index in [1.165, 1.54) is 4.90 Å². The van der Waals surface area contributed by atoms with Crippen LogP contribution in [-0.2, 0) is 9.53 Å². The zero-order valence-electron chi connectivity index (χ0n) is 11.5. The third-order valence-corrected chi connectivity index (χ3v) is 3.38. The zero-order valence-corrected chi connectivity index (χ0v) is 12.3. The van der Waals surface area contributed by atoms with E-state index in [1.54, 1.807) is 6.07 Å². The van der Waals surface area contributed by atoms with Crippen molar-refractivity contribution in [3.05, 3.63) is 28.3 Å². The second-order valence-electron chi connectivity index (χ2n) is 4.88. The van der Waals surface area contributed by atoms with Gasteiger partial charge in [0.25, 0.3) is 0 Å². The van der Waals surface area contributed by atoms with Crippen molar-refractivity contribution >= 4 is 29.3 Å². The molecule has 6 heteroatoms. The lowest BCUT2D eigenvalue weighted by Crippen LogP contribution is -2.42. The fourth-order valence-corrected chi connectivity index (χ4v) is 2.54. The molecule has 2 amide bonds. The van der Waals surface area contributed by atoms with Crippen LogP contribution in [-0.4, -0.2) is 36.6 Å². The SMILES string of the molecule is Cc1cc(C)c(NC(=O)CN2CCCOC2=O)c(Cl)c1. The maximum atomic E-state index is 12.0. The summed E-state index contributed by atoms with van der Waals surface area (Å²) < 4.78 is 4.89. The van der Waals surface area contributed by atoms with Gasteiger partial charge in [0, 0.05) is 6.54 Å². The summed E-state index contributed by atoms with van der Waals surface area (Å²) >= 11 is 6.13. The molecule has 0 unspecified atom stereocenters. The summed E-state index contributed by atoms with van der Waals surface area (Å²) in [7, 11) is 0. The monoisotopic (exact) mass is 296 g/mol. The number of benzene rings is 1. The Morgan fingerprint density at radius 2 is 2.20 bits per heavy atom. The molecule has 0 radical (unpaired) electrons. The van der Waals surface area contributed by atoms with Crippen LogP contribution in [0.4, 0.5) is 10.5 Å². The molecular formula is C14H17ClN2O3. The van der Waals surface area contributed by atoms with Crippen LogP contribution in [0.5, 0.6) is 0 Å². The lowest BCUT2D eigenvalue weighted by Gasteiger charge is -2.25. The van der Waals surface area contributed by atoms with E-state index in [4.69, 9.17) is 16.3 Å². The van der Waals surface area contributed by atoms with Gasteiger partial charge in [0.2, 0.25) is 5.91 Å². The van der Waals surface area contributed by atoms with E-state index in [2.05, 4.69) is 5.32 Å². The van der Waals surface area contributed by atoms with Gasteiger partial charge in [-0.25, -0.2) is 4.79 Å². The summed E-state index contributed by atoms with van der Waals surface area (Å²) in [5.74, 6) is -0.280. The Bertz CT molecular complexity index is 522. The molecule has 1 aliphatic heterocycles. The summed E-state index contributed by atoms with van der Waals surface area (Å²) in [6.45, 7) is 4.74. The van der Waals surface area contributed by atoms with Gasteiger partial charge in [0.15, 0.2) is 0 Å². The molecule has 1 aromatic carbocycles. The third-order valence-electron chi connectivity index (χ3n) is 3.09. The van der Waals surface area contributed by atoms with Gasteiger partial charge in [-0.2, -0.15) is 0 Å². The smallest absolute Gasteiger partial charge is 0.410 e. The molecule has 0 atom stereocenters. The molecular weight excluding hydrogens is 280 g/mol. The van der Waals surface area contributed by atoms with E-state index in [-0.39, 0.29) is 12.5 Å². The molecule has 5 nitrogen and oxygen atoms in total. The van der Waals surface area contributed by atoms with E-state index >= 15 is 0 Å². The largest absolute Gasteiger partial charge is 0.449 e. The summed E-state index contributed by atoms with van der Waals surface area (Å²) in [6, 6.07) is 3.73. The number of carbonyl (C=O) groups excluding carboxylic acids is 2. The molecule has 1 heterocycles. The van der Waals surface area contributed by atoms with Gasteiger partial charge in [0.05, 0.1) is 17.3 Å². The predicted molar refractivity (Wildman–Crippen MR) is 77.1 cm³/mol. The van der Waals surface area contributed by atoms with E-state index in [0.717, 1.165) is 17.5 Å². The number of hydrogen-bond acceptors (Lipinski definition) is 3. The van der Waals surface area contributed by atoms with Crippen molar-refractivity contribution in [1.29, 1.82) is 0 Å². The molecule has 0 spiro atoms. The maximum Gasteiger partial charge on any atom is 0.410 e. The fraction of sp³-hybridized carbons (Fsp3) is 0.429. The van der Waals surface area contributed by atoms with Crippen LogP contribution in [0.1, 0.15) is 17.5 Å². The van der Waals surface area contributed by atoms with Gasteiger partial charge in [-0.15, -0.1) is 0 Å². The third kappa shape index (κ3) is 3.42. The minimum Gasteiger partial charge on any atom is -0.449 e. The van der Waals surface area contributed by atoms with Gasteiger partial charge in [0.1, 0.15) is 6.54 Å². The molecule has 1 aliphatic rings. The number of carbonyl (C=O) groups is 2. The summed E-state index contributed by atoms with van der Waals surface area (Å²) in [6.07, 6.45) is 0.293. The van der Waals surface area contributed by atoms with Gasteiger partial charge in [-0.1, -0.05) is 17.7 Å². The molecule has 2 rings (SSSR count). The van der Waals surface area contributed by atoms with Crippen molar-refractivity contribution in [2.75, 3.05) is 25.0 Å². The van der Waals surface area contributed by atoms with Crippen LogP contribution >= 0.6 is 11.6 Å². The number of amides is 2. The van der Waals surface area contributed by atoms with Crippen molar-refractivity contribution < 1.29 is 14.3 Å². The first-order valence-electron chi connectivity index (χ1n) is 6.45. The molecule has 1 saturated heterocycles. The summed E-state index contributed by atoms with van der Waals surface area (Å²) in [5, 5.41) is 3.25. The van der Waals surface area contributed by atoms with Crippen LogP contribution in [0, 0.1) is 13.8 Å². The number of ether oxygens (including phenoxy) is 1. The van der Waals surface area contributed by atoms with Crippen LogP contribution in [0.2, 0.25) is 5.02 Å². The first-order chi connectivity index (χ1) is 9.47. The molecule has 0 aliphatic carbocycles. The van der Waals surface area contributed by atoms with Crippen molar-refractivity contribution in [3.8, 4) is 0 Å². The average molecular weight is 297 g/mol. The molecule has 108 valence electrons. The van der Waals surface area contributed by atoms with E-state index in [1.807, 2.05) is 19.9 Å². The second-order valence-corrected chi connectivity index (χ2v) is 5.28. The molecule has 0 aromatic heterocycles. The highest BCUT2D eigenvalue weighted by Gasteiger charge is 2.22. The predicted octanol–water partition coefficient (Wildman–Crippen LogP) is 2.74. The highest BCUT2D eigenvalue weighted by Crippen LogP contribution is 2.27. The Labute approximate surface area is 122 Å². The highest BCUT2D eigenvalue weighted by molar-refractivity contribution is 6.34.